The molecule has 1 amide bonds. The average Bonchev–Trinajstić information content (AvgIpc) is 3.12. The van der Waals surface area contributed by atoms with Crippen molar-refractivity contribution >= 4 is 18.3 Å². The molecule has 6 heteroatoms. The Balaban J connectivity index is 0.00000243. The highest BCUT2D eigenvalue weighted by molar-refractivity contribution is 5.85. The van der Waals surface area contributed by atoms with Crippen molar-refractivity contribution in [2.24, 2.45) is 0 Å². The van der Waals surface area contributed by atoms with Crippen LogP contribution in [0.3, 0.4) is 0 Å². The molecular weight excluding hydrogens is 355 g/mol. The van der Waals surface area contributed by atoms with Gasteiger partial charge in [0, 0.05) is 19.0 Å². The molecule has 2 aromatic carbocycles. The van der Waals surface area contributed by atoms with Gasteiger partial charge in [-0.05, 0) is 54.8 Å². The Kier molecular flexibility index (Phi) is 7.88. The van der Waals surface area contributed by atoms with Crippen molar-refractivity contribution in [3.8, 4) is 5.75 Å². The summed E-state index contributed by atoms with van der Waals surface area (Å²) < 4.78 is 18.8. The number of ether oxygens (including phenoxy) is 1. The van der Waals surface area contributed by atoms with Crippen molar-refractivity contribution in [3.05, 3.63) is 65.5 Å². The summed E-state index contributed by atoms with van der Waals surface area (Å²) in [5, 5.41) is 6.27. The van der Waals surface area contributed by atoms with Gasteiger partial charge in [0.2, 0.25) is 5.91 Å². The normalized spacial score (nSPS) is 16.0. The monoisotopic (exact) mass is 378 g/mol. The SMILES string of the molecule is Cl.O=C(CC1CCCN1)NCc1ccc(OCc2cccc(F)c2)cc1. The van der Waals surface area contributed by atoms with Crippen LogP contribution in [0.15, 0.2) is 48.5 Å². The van der Waals surface area contributed by atoms with E-state index >= 15 is 0 Å². The number of carbonyl (C=O) groups excluding carboxylic acids is 1. The number of benzene rings is 2. The fourth-order valence-corrected chi connectivity index (χ4v) is 2.92. The summed E-state index contributed by atoms with van der Waals surface area (Å²) >= 11 is 0. The summed E-state index contributed by atoms with van der Waals surface area (Å²) in [6.07, 6.45) is 2.76. The van der Waals surface area contributed by atoms with Crippen LogP contribution in [0, 0.1) is 5.82 Å². The van der Waals surface area contributed by atoms with Gasteiger partial charge in [-0.3, -0.25) is 4.79 Å². The van der Waals surface area contributed by atoms with E-state index in [0.29, 0.717) is 25.6 Å². The first-order chi connectivity index (χ1) is 12.2. The van der Waals surface area contributed by atoms with Gasteiger partial charge in [-0.1, -0.05) is 24.3 Å². The van der Waals surface area contributed by atoms with Gasteiger partial charge in [0.1, 0.15) is 18.2 Å². The summed E-state index contributed by atoms with van der Waals surface area (Å²) in [6, 6.07) is 14.3. The van der Waals surface area contributed by atoms with Gasteiger partial charge in [-0.25, -0.2) is 4.39 Å². The van der Waals surface area contributed by atoms with E-state index in [1.165, 1.54) is 12.1 Å². The molecule has 26 heavy (non-hydrogen) atoms. The molecule has 3 rings (SSSR count). The van der Waals surface area contributed by atoms with E-state index in [-0.39, 0.29) is 24.1 Å². The van der Waals surface area contributed by atoms with Gasteiger partial charge >= 0.3 is 0 Å². The van der Waals surface area contributed by atoms with E-state index in [1.54, 1.807) is 6.07 Å². The lowest BCUT2D eigenvalue weighted by molar-refractivity contribution is -0.121. The molecule has 0 saturated carbocycles. The minimum Gasteiger partial charge on any atom is -0.489 e. The van der Waals surface area contributed by atoms with E-state index < -0.39 is 0 Å². The largest absolute Gasteiger partial charge is 0.489 e. The number of hydrogen-bond acceptors (Lipinski definition) is 3. The second-order valence-corrected chi connectivity index (χ2v) is 6.34. The fourth-order valence-electron chi connectivity index (χ4n) is 2.92. The molecule has 1 unspecified atom stereocenters. The number of amides is 1. The van der Waals surface area contributed by atoms with Crippen LogP contribution in [0.4, 0.5) is 4.39 Å². The van der Waals surface area contributed by atoms with Crippen molar-refractivity contribution < 1.29 is 13.9 Å². The Morgan fingerprint density at radius 3 is 2.69 bits per heavy atom. The minimum atomic E-state index is -0.264. The lowest BCUT2D eigenvalue weighted by Crippen LogP contribution is -2.31. The maximum Gasteiger partial charge on any atom is 0.221 e. The first-order valence-corrected chi connectivity index (χ1v) is 8.65. The lowest BCUT2D eigenvalue weighted by atomic mass is 10.1. The van der Waals surface area contributed by atoms with Crippen LogP contribution in [0.2, 0.25) is 0 Å². The Labute approximate surface area is 159 Å². The first-order valence-electron chi connectivity index (χ1n) is 8.65. The Hall–Kier alpha value is -2.11. The first kappa shape index (κ1) is 20.2. The van der Waals surface area contributed by atoms with Crippen LogP contribution >= 0.6 is 12.4 Å². The third-order valence-corrected chi connectivity index (χ3v) is 4.30. The van der Waals surface area contributed by atoms with Gasteiger partial charge in [0.25, 0.3) is 0 Å². The van der Waals surface area contributed by atoms with E-state index in [9.17, 15) is 9.18 Å². The molecule has 0 bridgehead atoms. The van der Waals surface area contributed by atoms with Crippen LogP contribution in [0.25, 0.3) is 0 Å². The third kappa shape index (κ3) is 6.32. The molecule has 4 nitrogen and oxygen atoms in total. The maximum absolute atomic E-state index is 13.1. The predicted molar refractivity (Wildman–Crippen MR) is 102 cm³/mol. The highest BCUT2D eigenvalue weighted by atomic mass is 35.5. The number of nitrogens with one attached hydrogen (secondary N) is 2. The predicted octanol–water partition coefficient (Wildman–Crippen LogP) is 3.58. The van der Waals surface area contributed by atoms with Crippen LogP contribution in [0.1, 0.15) is 30.4 Å². The van der Waals surface area contributed by atoms with Gasteiger partial charge in [-0.2, -0.15) is 0 Å². The molecule has 0 spiro atoms. The summed E-state index contributed by atoms with van der Waals surface area (Å²) in [5.41, 5.74) is 1.81. The second kappa shape index (κ2) is 10.1. The average molecular weight is 379 g/mol. The summed E-state index contributed by atoms with van der Waals surface area (Å²) in [4.78, 5) is 11.9. The van der Waals surface area contributed by atoms with Crippen molar-refractivity contribution in [1.29, 1.82) is 0 Å². The van der Waals surface area contributed by atoms with Gasteiger partial charge in [0.15, 0.2) is 0 Å². The molecule has 1 fully saturated rings. The number of halogens is 2. The molecule has 0 aromatic heterocycles. The van der Waals surface area contributed by atoms with Gasteiger partial charge < -0.3 is 15.4 Å². The highest BCUT2D eigenvalue weighted by Crippen LogP contribution is 2.15. The smallest absolute Gasteiger partial charge is 0.221 e. The molecule has 0 aliphatic carbocycles. The number of rotatable bonds is 7. The van der Waals surface area contributed by atoms with E-state index in [0.717, 1.165) is 36.3 Å². The highest BCUT2D eigenvalue weighted by Gasteiger charge is 2.17. The van der Waals surface area contributed by atoms with Gasteiger partial charge in [-0.15, -0.1) is 12.4 Å². The topological polar surface area (TPSA) is 50.4 Å². The summed E-state index contributed by atoms with van der Waals surface area (Å²) in [7, 11) is 0. The Bertz CT molecular complexity index is 703. The standard InChI is InChI=1S/C20H23FN2O2.ClH/c21-17-4-1-3-16(11-17)14-25-19-8-6-15(7-9-19)13-23-20(24)12-18-5-2-10-22-18;/h1,3-4,6-9,11,18,22H,2,5,10,12-14H2,(H,23,24);1H. The Morgan fingerprint density at radius 2 is 2.00 bits per heavy atom. The minimum absolute atomic E-state index is 0. The zero-order valence-corrected chi connectivity index (χ0v) is 15.4. The maximum atomic E-state index is 13.1. The lowest BCUT2D eigenvalue weighted by Gasteiger charge is -2.11. The van der Waals surface area contributed by atoms with E-state index in [2.05, 4.69) is 10.6 Å². The summed E-state index contributed by atoms with van der Waals surface area (Å²) in [6.45, 7) is 1.84. The van der Waals surface area contributed by atoms with Crippen LogP contribution in [-0.2, 0) is 17.9 Å². The molecule has 2 N–H and O–H groups in total. The molecule has 140 valence electrons. The van der Waals surface area contributed by atoms with E-state index in [4.69, 9.17) is 4.74 Å². The Morgan fingerprint density at radius 1 is 1.19 bits per heavy atom. The summed E-state index contributed by atoms with van der Waals surface area (Å²) in [5.74, 6) is 0.528. The zero-order valence-electron chi connectivity index (χ0n) is 14.5. The number of hydrogen-bond donors (Lipinski definition) is 2. The van der Waals surface area contributed by atoms with Crippen LogP contribution < -0.4 is 15.4 Å². The second-order valence-electron chi connectivity index (χ2n) is 6.34. The molecule has 1 aliphatic rings. The van der Waals surface area contributed by atoms with Crippen molar-refractivity contribution in [2.75, 3.05) is 6.54 Å². The third-order valence-electron chi connectivity index (χ3n) is 4.30. The molecule has 1 aliphatic heterocycles. The van der Waals surface area contributed by atoms with Crippen molar-refractivity contribution in [1.82, 2.24) is 10.6 Å². The number of carbonyl (C=O) groups is 1. The molecule has 1 saturated heterocycles. The zero-order chi connectivity index (χ0) is 17.5. The molecule has 2 aromatic rings. The van der Waals surface area contributed by atoms with Crippen molar-refractivity contribution in [2.45, 2.75) is 38.5 Å². The molecular formula is C20H24ClFN2O2. The van der Waals surface area contributed by atoms with Crippen LogP contribution in [-0.4, -0.2) is 18.5 Å². The van der Waals surface area contributed by atoms with Gasteiger partial charge in [0.05, 0.1) is 0 Å². The van der Waals surface area contributed by atoms with Crippen LogP contribution in [0.5, 0.6) is 5.75 Å². The molecule has 1 atom stereocenters. The molecule has 0 radical (unpaired) electrons. The van der Waals surface area contributed by atoms with Crippen molar-refractivity contribution in [3.63, 3.8) is 0 Å². The molecule has 1 heterocycles. The van der Waals surface area contributed by atoms with E-state index in [1.807, 2.05) is 30.3 Å². The quantitative estimate of drug-likeness (QED) is 0.774. The fraction of sp³-hybridized carbons (Fsp3) is 0.350.